The summed E-state index contributed by atoms with van der Waals surface area (Å²) in [6.45, 7) is 5.38. The number of nitrogens with zero attached hydrogens (tertiary/aromatic N) is 1. The molecule has 2 rings (SSSR count). The van der Waals surface area contributed by atoms with Crippen LogP contribution in [0.1, 0.15) is 29.7 Å². The van der Waals surface area contributed by atoms with E-state index < -0.39 is 10.0 Å². The third kappa shape index (κ3) is 4.37. The second kappa shape index (κ2) is 7.17. The average Bonchev–Trinajstić information content (AvgIpc) is 3.06. The first-order valence-corrected chi connectivity index (χ1v) is 9.08. The smallest absolute Gasteiger partial charge is 0.242 e. The van der Waals surface area contributed by atoms with Crippen LogP contribution in [0.4, 0.5) is 0 Å². The minimum absolute atomic E-state index is 0.122. The van der Waals surface area contributed by atoms with E-state index >= 15 is 0 Å². The predicted molar refractivity (Wildman–Crippen MR) is 81.6 cm³/mol. The molecule has 116 valence electrons. The van der Waals surface area contributed by atoms with Crippen molar-refractivity contribution < 1.29 is 12.9 Å². The number of aryl methyl sites for hydroxylation is 1. The minimum atomic E-state index is -3.53. The van der Waals surface area contributed by atoms with Crippen LogP contribution < -0.4 is 10.0 Å². The van der Waals surface area contributed by atoms with Crippen LogP contribution in [0.2, 0.25) is 0 Å². The summed E-state index contributed by atoms with van der Waals surface area (Å²) in [5, 5.41) is 8.78. The summed E-state index contributed by atoms with van der Waals surface area (Å²) < 4.78 is 32.1. The van der Waals surface area contributed by atoms with Crippen LogP contribution in [0.3, 0.4) is 0 Å². The first-order valence-electron chi connectivity index (χ1n) is 6.72. The van der Waals surface area contributed by atoms with Gasteiger partial charge in [-0.3, -0.25) is 0 Å². The molecule has 0 aromatic carbocycles. The lowest BCUT2D eigenvalue weighted by atomic mass is 10.4. The topological polar surface area (TPSA) is 84.2 Å². The fourth-order valence-electron chi connectivity index (χ4n) is 1.82. The highest BCUT2D eigenvalue weighted by Gasteiger charge is 2.19. The van der Waals surface area contributed by atoms with E-state index in [1.54, 1.807) is 24.4 Å². The maximum atomic E-state index is 12.3. The van der Waals surface area contributed by atoms with Crippen molar-refractivity contribution in [1.82, 2.24) is 15.2 Å². The van der Waals surface area contributed by atoms with Gasteiger partial charge in [0.05, 0.1) is 17.1 Å². The highest BCUT2D eigenvalue weighted by atomic mass is 32.2. The fraction of sp³-hybridized carbons (Fsp3) is 0.462. The molecule has 0 saturated carbocycles. The molecule has 0 bridgehead atoms. The monoisotopic (exact) mass is 329 g/mol. The summed E-state index contributed by atoms with van der Waals surface area (Å²) in [4.78, 5) is 1.14. The van der Waals surface area contributed by atoms with Gasteiger partial charge < -0.3 is 9.84 Å². The zero-order chi connectivity index (χ0) is 15.3. The zero-order valence-corrected chi connectivity index (χ0v) is 13.7. The third-order valence-corrected chi connectivity index (χ3v) is 5.36. The third-order valence-electron chi connectivity index (χ3n) is 2.83. The Labute approximate surface area is 128 Å². The van der Waals surface area contributed by atoms with Crippen molar-refractivity contribution in [3.8, 4) is 0 Å². The first-order chi connectivity index (χ1) is 10.0. The average molecular weight is 329 g/mol. The number of hydrogen-bond donors (Lipinski definition) is 2. The van der Waals surface area contributed by atoms with Gasteiger partial charge in [0, 0.05) is 17.5 Å². The van der Waals surface area contributed by atoms with Gasteiger partial charge in [0.25, 0.3) is 0 Å². The van der Waals surface area contributed by atoms with Crippen LogP contribution in [0.15, 0.2) is 26.9 Å². The fourth-order valence-corrected chi connectivity index (χ4v) is 4.23. The van der Waals surface area contributed by atoms with Crippen LogP contribution in [0.25, 0.3) is 0 Å². The molecule has 0 aliphatic rings. The van der Waals surface area contributed by atoms with Crippen LogP contribution in [0.5, 0.6) is 0 Å². The van der Waals surface area contributed by atoms with Crippen molar-refractivity contribution >= 4 is 21.4 Å². The van der Waals surface area contributed by atoms with Gasteiger partial charge in [-0.15, -0.1) is 11.3 Å². The van der Waals surface area contributed by atoms with E-state index in [-0.39, 0.29) is 6.54 Å². The lowest BCUT2D eigenvalue weighted by Gasteiger charge is -2.07. The molecule has 0 fully saturated rings. The van der Waals surface area contributed by atoms with E-state index in [2.05, 4.69) is 22.1 Å². The van der Waals surface area contributed by atoms with Gasteiger partial charge >= 0.3 is 0 Å². The lowest BCUT2D eigenvalue weighted by Crippen LogP contribution is -2.25. The first kappa shape index (κ1) is 16.2. The standard InChI is InChI=1S/C13H19N3O3S2/c1-3-5-14-9-12-13(4-6-20-12)21(17,18)15-8-11-7-10(2)19-16-11/h4,6-7,14-15H,3,5,8-9H2,1-2H3. The van der Waals surface area contributed by atoms with E-state index in [1.807, 2.05) is 0 Å². The van der Waals surface area contributed by atoms with Crippen LogP contribution in [-0.4, -0.2) is 20.1 Å². The molecular formula is C13H19N3O3S2. The predicted octanol–water partition coefficient (Wildman–Crippen LogP) is 2.02. The van der Waals surface area contributed by atoms with Gasteiger partial charge in [-0.25, -0.2) is 13.1 Å². The summed E-state index contributed by atoms with van der Waals surface area (Å²) in [7, 11) is -3.53. The van der Waals surface area contributed by atoms with Crippen molar-refractivity contribution in [2.24, 2.45) is 0 Å². The Balaban J connectivity index is 2.03. The second-order valence-electron chi connectivity index (χ2n) is 4.64. The van der Waals surface area contributed by atoms with E-state index in [4.69, 9.17) is 4.52 Å². The van der Waals surface area contributed by atoms with Gasteiger partial charge in [-0.1, -0.05) is 12.1 Å². The molecular weight excluding hydrogens is 310 g/mol. The van der Waals surface area contributed by atoms with Crippen LogP contribution >= 0.6 is 11.3 Å². The summed E-state index contributed by atoms with van der Waals surface area (Å²) in [6.07, 6.45) is 1.01. The van der Waals surface area contributed by atoms with Crippen molar-refractivity contribution in [3.05, 3.63) is 33.8 Å². The molecule has 2 aromatic rings. The van der Waals surface area contributed by atoms with Crippen molar-refractivity contribution in [2.75, 3.05) is 6.54 Å². The van der Waals surface area contributed by atoms with Gasteiger partial charge in [-0.2, -0.15) is 0 Å². The summed E-state index contributed by atoms with van der Waals surface area (Å²) in [5.41, 5.74) is 0.567. The molecule has 0 radical (unpaired) electrons. The van der Waals surface area contributed by atoms with E-state index in [0.29, 0.717) is 22.9 Å². The minimum Gasteiger partial charge on any atom is -0.361 e. The van der Waals surface area contributed by atoms with E-state index in [1.165, 1.54) is 11.3 Å². The molecule has 0 aliphatic carbocycles. The molecule has 8 heteroatoms. The van der Waals surface area contributed by atoms with Gasteiger partial charge in [0.15, 0.2) is 0 Å². The molecule has 0 saturated heterocycles. The van der Waals surface area contributed by atoms with Crippen molar-refractivity contribution in [1.29, 1.82) is 0 Å². The van der Waals surface area contributed by atoms with Crippen LogP contribution in [0, 0.1) is 6.92 Å². The largest absolute Gasteiger partial charge is 0.361 e. The summed E-state index contributed by atoms with van der Waals surface area (Å²) >= 11 is 1.44. The molecule has 21 heavy (non-hydrogen) atoms. The maximum Gasteiger partial charge on any atom is 0.242 e. The second-order valence-corrected chi connectivity index (χ2v) is 7.37. The summed E-state index contributed by atoms with van der Waals surface area (Å²) in [6, 6.07) is 3.34. The van der Waals surface area contributed by atoms with Crippen LogP contribution in [-0.2, 0) is 23.1 Å². The summed E-state index contributed by atoms with van der Waals surface area (Å²) in [5.74, 6) is 0.657. The molecule has 2 heterocycles. The Bertz CT molecular complexity index is 676. The molecule has 2 N–H and O–H groups in total. The molecule has 0 unspecified atom stereocenters. The molecule has 6 nitrogen and oxygen atoms in total. The Morgan fingerprint density at radius 3 is 2.86 bits per heavy atom. The highest BCUT2D eigenvalue weighted by Crippen LogP contribution is 2.22. The Hall–Kier alpha value is -1.22. The van der Waals surface area contributed by atoms with E-state index in [9.17, 15) is 8.42 Å². The van der Waals surface area contributed by atoms with Crippen molar-refractivity contribution in [3.63, 3.8) is 0 Å². The van der Waals surface area contributed by atoms with E-state index in [0.717, 1.165) is 17.8 Å². The molecule has 0 amide bonds. The quantitative estimate of drug-likeness (QED) is 0.724. The number of nitrogens with one attached hydrogen (secondary N) is 2. The normalized spacial score (nSPS) is 11.9. The Morgan fingerprint density at radius 2 is 2.19 bits per heavy atom. The number of aromatic nitrogens is 1. The highest BCUT2D eigenvalue weighted by molar-refractivity contribution is 7.89. The Morgan fingerprint density at radius 1 is 1.38 bits per heavy atom. The molecule has 2 aromatic heterocycles. The number of hydrogen-bond acceptors (Lipinski definition) is 6. The number of thiophene rings is 1. The zero-order valence-electron chi connectivity index (χ0n) is 12.0. The number of rotatable bonds is 8. The maximum absolute atomic E-state index is 12.3. The SMILES string of the molecule is CCCNCc1sccc1S(=O)(=O)NCc1cc(C)on1. The number of sulfonamides is 1. The molecule has 0 spiro atoms. The lowest BCUT2D eigenvalue weighted by molar-refractivity contribution is 0.390. The van der Waals surface area contributed by atoms with Gasteiger partial charge in [0.1, 0.15) is 5.76 Å². The molecule has 0 aliphatic heterocycles. The van der Waals surface area contributed by atoms with Gasteiger partial charge in [-0.05, 0) is 31.3 Å². The Kier molecular flexibility index (Phi) is 5.51. The van der Waals surface area contributed by atoms with Gasteiger partial charge in [0.2, 0.25) is 10.0 Å². The van der Waals surface area contributed by atoms with Crippen molar-refractivity contribution in [2.45, 2.75) is 38.3 Å². The molecule has 0 atom stereocenters.